The maximum absolute atomic E-state index is 13.6. The van der Waals surface area contributed by atoms with E-state index in [1.54, 1.807) is 4.57 Å². The van der Waals surface area contributed by atoms with Crippen molar-refractivity contribution in [2.24, 2.45) is 0 Å². The number of rotatable bonds is 7. The predicted octanol–water partition coefficient (Wildman–Crippen LogP) is 4.54. The van der Waals surface area contributed by atoms with Crippen LogP contribution in [0.3, 0.4) is 0 Å². The normalized spacial score (nSPS) is 18.6. The summed E-state index contributed by atoms with van der Waals surface area (Å²) in [7, 11) is 0. The van der Waals surface area contributed by atoms with Crippen molar-refractivity contribution < 1.29 is 14.3 Å². The third kappa shape index (κ3) is 4.97. The lowest BCUT2D eigenvalue weighted by Crippen LogP contribution is -2.38. The van der Waals surface area contributed by atoms with E-state index in [2.05, 4.69) is 22.3 Å². The van der Waals surface area contributed by atoms with E-state index >= 15 is 0 Å². The zero-order valence-electron chi connectivity index (χ0n) is 20.6. The number of fused-ring (bicyclic) bond motifs is 1. The van der Waals surface area contributed by atoms with Crippen molar-refractivity contribution in [1.82, 2.24) is 19.4 Å². The molecule has 2 aliphatic rings. The highest BCUT2D eigenvalue weighted by Crippen LogP contribution is 2.28. The quantitative estimate of drug-likeness (QED) is 0.405. The van der Waals surface area contributed by atoms with Gasteiger partial charge in [-0.1, -0.05) is 42.5 Å². The second-order valence-corrected chi connectivity index (χ2v) is 9.73. The number of hydrogen-bond donors (Lipinski definition) is 1. The molecule has 8 nitrogen and oxygen atoms in total. The zero-order valence-corrected chi connectivity index (χ0v) is 20.6. The van der Waals surface area contributed by atoms with Gasteiger partial charge in [0.1, 0.15) is 17.6 Å². The van der Waals surface area contributed by atoms with Gasteiger partial charge in [-0.3, -0.25) is 14.0 Å². The average molecular weight is 499 g/mol. The third-order valence-corrected chi connectivity index (χ3v) is 7.21. The van der Waals surface area contributed by atoms with Crippen molar-refractivity contribution in [3.05, 3.63) is 94.9 Å². The molecule has 1 unspecified atom stereocenters. The molecule has 37 heavy (non-hydrogen) atoms. The van der Waals surface area contributed by atoms with Crippen LogP contribution in [0.15, 0.2) is 83.7 Å². The first kappa shape index (κ1) is 23.4. The number of hydrogen-bond acceptors (Lipinski definition) is 5. The molecule has 3 aromatic carbocycles. The maximum atomic E-state index is 13.6. The first-order chi connectivity index (χ1) is 18.1. The highest BCUT2D eigenvalue weighted by Gasteiger charge is 2.28. The molecular formula is C29H30N4O4. The molecule has 2 saturated heterocycles. The monoisotopic (exact) mass is 498 g/mol. The molecule has 1 amide bonds. The summed E-state index contributed by atoms with van der Waals surface area (Å²) in [4.78, 5) is 27.5. The van der Waals surface area contributed by atoms with Gasteiger partial charge in [-0.25, -0.2) is 9.59 Å². The Bertz CT molecular complexity index is 1450. The number of benzene rings is 3. The van der Waals surface area contributed by atoms with Crippen LogP contribution in [0.1, 0.15) is 24.4 Å². The molecule has 0 spiro atoms. The second-order valence-electron chi connectivity index (χ2n) is 9.73. The van der Waals surface area contributed by atoms with Crippen LogP contribution in [-0.2, 0) is 17.8 Å². The lowest BCUT2D eigenvalue weighted by atomic mass is 10.0. The molecule has 0 bridgehead atoms. The van der Waals surface area contributed by atoms with Crippen LogP contribution in [-0.4, -0.2) is 45.9 Å². The van der Waals surface area contributed by atoms with Gasteiger partial charge in [0.2, 0.25) is 0 Å². The van der Waals surface area contributed by atoms with Crippen LogP contribution in [0, 0.1) is 0 Å². The van der Waals surface area contributed by atoms with Crippen LogP contribution in [0.4, 0.5) is 4.79 Å². The minimum Gasteiger partial charge on any atom is -0.457 e. The first-order valence-electron chi connectivity index (χ1n) is 12.8. The molecule has 2 fully saturated rings. The van der Waals surface area contributed by atoms with Crippen LogP contribution in [0.2, 0.25) is 0 Å². The number of alkyl carbamates (subject to hydrolysis) is 1. The van der Waals surface area contributed by atoms with Crippen molar-refractivity contribution in [2.45, 2.75) is 38.1 Å². The second kappa shape index (κ2) is 10.1. The number of para-hydroxylation sites is 3. The summed E-state index contributed by atoms with van der Waals surface area (Å²) >= 11 is 0. The molecule has 0 aliphatic carbocycles. The number of aromatic nitrogens is 2. The summed E-state index contributed by atoms with van der Waals surface area (Å²) in [6.07, 6.45) is 1.03. The first-order valence-corrected chi connectivity index (χ1v) is 12.8. The Labute approximate surface area is 215 Å². The molecule has 1 aromatic heterocycles. The highest BCUT2D eigenvalue weighted by atomic mass is 16.6. The zero-order chi connectivity index (χ0) is 25.2. The third-order valence-electron chi connectivity index (χ3n) is 7.21. The summed E-state index contributed by atoms with van der Waals surface area (Å²) in [5, 5.41) is 2.67. The number of nitrogens with zero attached hydrogens (tertiary/aromatic N) is 3. The van der Waals surface area contributed by atoms with Crippen molar-refractivity contribution in [2.75, 3.05) is 19.6 Å². The number of amides is 1. The van der Waals surface area contributed by atoms with E-state index in [1.165, 1.54) is 5.56 Å². The van der Waals surface area contributed by atoms with Gasteiger partial charge in [0.25, 0.3) is 0 Å². The molecule has 0 saturated carbocycles. The van der Waals surface area contributed by atoms with Gasteiger partial charge in [-0.2, -0.15) is 0 Å². The Morgan fingerprint density at radius 2 is 1.59 bits per heavy atom. The standard InChI is InChI=1S/C29H30N4O4/c34-28-30-18-25(37-28)20-32-26-11-4-5-12-27(26)33(29(32)35)22-13-15-31(16-14-22)19-21-7-6-10-24(17-21)36-23-8-2-1-3-9-23/h1-12,17,22,25H,13-16,18-20H2,(H,30,34). The van der Waals surface area contributed by atoms with Crippen LogP contribution < -0.4 is 15.7 Å². The molecule has 190 valence electrons. The Kier molecular flexibility index (Phi) is 6.40. The Hall–Kier alpha value is -4.04. The van der Waals surface area contributed by atoms with Gasteiger partial charge < -0.3 is 14.8 Å². The Morgan fingerprint density at radius 3 is 2.35 bits per heavy atom. The van der Waals surface area contributed by atoms with E-state index in [4.69, 9.17) is 9.47 Å². The van der Waals surface area contributed by atoms with Gasteiger partial charge >= 0.3 is 11.8 Å². The summed E-state index contributed by atoms with van der Waals surface area (Å²) in [5.74, 6) is 1.66. The number of carbonyl (C=O) groups is 1. The molecule has 6 rings (SSSR count). The molecule has 1 N–H and O–H groups in total. The minimum atomic E-state index is -0.425. The fourth-order valence-corrected chi connectivity index (χ4v) is 5.42. The smallest absolute Gasteiger partial charge is 0.407 e. The fraction of sp³-hybridized carbons (Fsp3) is 0.310. The number of piperidine rings is 1. The summed E-state index contributed by atoms with van der Waals surface area (Å²) < 4.78 is 15.0. The van der Waals surface area contributed by atoms with Gasteiger partial charge in [0, 0.05) is 25.7 Å². The van der Waals surface area contributed by atoms with Crippen molar-refractivity contribution in [3.8, 4) is 11.5 Å². The molecule has 4 aromatic rings. The predicted molar refractivity (Wildman–Crippen MR) is 141 cm³/mol. The molecule has 1 atom stereocenters. The fourth-order valence-electron chi connectivity index (χ4n) is 5.42. The Balaban J connectivity index is 1.14. The summed E-state index contributed by atoms with van der Waals surface area (Å²) in [6.45, 7) is 3.43. The Morgan fingerprint density at radius 1 is 0.865 bits per heavy atom. The summed E-state index contributed by atoms with van der Waals surface area (Å²) in [5.41, 5.74) is 3.00. The lowest BCUT2D eigenvalue weighted by molar-refractivity contribution is 0.130. The van der Waals surface area contributed by atoms with Gasteiger partial charge in [-0.05, 0) is 54.8 Å². The highest BCUT2D eigenvalue weighted by molar-refractivity contribution is 5.76. The lowest BCUT2D eigenvalue weighted by Gasteiger charge is -2.32. The minimum absolute atomic E-state index is 0.0339. The molecule has 3 heterocycles. The van der Waals surface area contributed by atoms with Gasteiger partial charge in [-0.15, -0.1) is 0 Å². The number of imidazole rings is 1. The van der Waals surface area contributed by atoms with Crippen molar-refractivity contribution in [3.63, 3.8) is 0 Å². The largest absolute Gasteiger partial charge is 0.457 e. The van der Waals surface area contributed by atoms with E-state index in [1.807, 2.05) is 71.3 Å². The SMILES string of the molecule is O=C1NCC(Cn2c(=O)n(C3CCN(Cc4cccc(Oc5ccccc5)c4)CC3)c3ccccc32)O1. The van der Waals surface area contributed by atoms with E-state index < -0.39 is 6.09 Å². The van der Waals surface area contributed by atoms with Crippen LogP contribution >= 0.6 is 0 Å². The van der Waals surface area contributed by atoms with E-state index in [9.17, 15) is 9.59 Å². The maximum Gasteiger partial charge on any atom is 0.407 e. The molecular weight excluding hydrogens is 468 g/mol. The van der Waals surface area contributed by atoms with Crippen molar-refractivity contribution >= 4 is 17.1 Å². The number of likely N-dealkylation sites (tertiary alicyclic amines) is 1. The number of cyclic esters (lactones) is 1. The van der Waals surface area contributed by atoms with E-state index in [-0.39, 0.29) is 17.8 Å². The van der Waals surface area contributed by atoms with Crippen molar-refractivity contribution in [1.29, 1.82) is 0 Å². The van der Waals surface area contributed by atoms with Crippen LogP contribution in [0.5, 0.6) is 11.5 Å². The summed E-state index contributed by atoms with van der Waals surface area (Å²) in [6, 6.07) is 26.1. The van der Waals surface area contributed by atoms with Gasteiger partial charge in [0.15, 0.2) is 0 Å². The molecule has 8 heteroatoms. The number of ether oxygens (including phenoxy) is 2. The van der Waals surface area contributed by atoms with E-state index in [0.29, 0.717) is 13.1 Å². The number of carbonyl (C=O) groups excluding carboxylic acids is 1. The van der Waals surface area contributed by atoms with E-state index in [0.717, 1.165) is 55.0 Å². The number of nitrogens with one attached hydrogen (secondary N) is 1. The molecule has 0 radical (unpaired) electrons. The topological polar surface area (TPSA) is 77.7 Å². The molecule has 2 aliphatic heterocycles. The van der Waals surface area contributed by atoms with Crippen LogP contribution in [0.25, 0.3) is 11.0 Å². The van der Waals surface area contributed by atoms with Gasteiger partial charge in [0.05, 0.1) is 24.1 Å². The average Bonchev–Trinajstić information content (AvgIpc) is 3.46.